The van der Waals surface area contributed by atoms with E-state index in [4.69, 9.17) is 14.6 Å². The molecule has 0 aromatic carbocycles. The van der Waals surface area contributed by atoms with Crippen molar-refractivity contribution in [3.63, 3.8) is 0 Å². The number of aliphatic hydroxyl groups is 1. The van der Waals surface area contributed by atoms with Crippen LogP contribution in [0.25, 0.3) is 0 Å². The highest BCUT2D eigenvalue weighted by Gasteiger charge is 2.45. The minimum atomic E-state index is -0.427. The first-order valence-electron chi connectivity index (χ1n) is 4.12. The van der Waals surface area contributed by atoms with Gasteiger partial charge in [-0.05, 0) is 6.92 Å². The van der Waals surface area contributed by atoms with Crippen molar-refractivity contribution in [1.29, 1.82) is 0 Å². The summed E-state index contributed by atoms with van der Waals surface area (Å²) in [6.07, 6.45) is 0. The molecule has 0 aromatic heterocycles. The third-order valence-electron chi connectivity index (χ3n) is 2.52. The van der Waals surface area contributed by atoms with Gasteiger partial charge in [-0.25, -0.2) is 0 Å². The van der Waals surface area contributed by atoms with Crippen molar-refractivity contribution in [3.05, 3.63) is 0 Å². The zero-order valence-electron chi connectivity index (χ0n) is 7.91. The zero-order chi connectivity index (χ0) is 9.19. The molecule has 4 nitrogen and oxygen atoms in total. The number of methoxy groups -OCH3 is 2. The van der Waals surface area contributed by atoms with Gasteiger partial charge in [0.2, 0.25) is 0 Å². The van der Waals surface area contributed by atoms with Gasteiger partial charge in [-0.2, -0.15) is 0 Å². The van der Waals surface area contributed by atoms with E-state index in [2.05, 4.69) is 4.90 Å². The van der Waals surface area contributed by atoms with Gasteiger partial charge in [-0.15, -0.1) is 0 Å². The van der Waals surface area contributed by atoms with E-state index < -0.39 is 5.79 Å². The second-order valence-corrected chi connectivity index (χ2v) is 3.26. The third kappa shape index (κ3) is 1.61. The van der Waals surface area contributed by atoms with E-state index >= 15 is 0 Å². The molecule has 72 valence electrons. The van der Waals surface area contributed by atoms with Crippen LogP contribution in [0, 0.1) is 0 Å². The molecule has 0 amide bonds. The van der Waals surface area contributed by atoms with Gasteiger partial charge >= 0.3 is 0 Å². The summed E-state index contributed by atoms with van der Waals surface area (Å²) in [6.45, 7) is 3.64. The lowest BCUT2D eigenvalue weighted by molar-refractivity contribution is -0.282. The molecule has 1 saturated heterocycles. The number of hydrogen-bond donors (Lipinski definition) is 1. The van der Waals surface area contributed by atoms with E-state index in [1.807, 2.05) is 6.92 Å². The molecule has 1 N–H and O–H groups in total. The van der Waals surface area contributed by atoms with E-state index in [0.717, 1.165) is 13.1 Å². The molecule has 12 heavy (non-hydrogen) atoms. The fraction of sp³-hybridized carbons (Fsp3) is 1.00. The Bertz CT molecular complexity index is 139. The first-order valence-corrected chi connectivity index (χ1v) is 4.12. The molecule has 1 heterocycles. The highest BCUT2D eigenvalue weighted by Crippen LogP contribution is 2.26. The van der Waals surface area contributed by atoms with Crippen LogP contribution in [0.1, 0.15) is 6.92 Å². The van der Waals surface area contributed by atoms with Gasteiger partial charge in [0.25, 0.3) is 0 Å². The van der Waals surface area contributed by atoms with Crippen LogP contribution in [-0.4, -0.2) is 55.8 Å². The lowest BCUT2D eigenvalue weighted by Gasteiger charge is -2.49. The predicted molar refractivity (Wildman–Crippen MR) is 44.9 cm³/mol. The lowest BCUT2D eigenvalue weighted by Crippen LogP contribution is -2.66. The molecule has 0 spiro atoms. The van der Waals surface area contributed by atoms with Crippen LogP contribution < -0.4 is 0 Å². The van der Waals surface area contributed by atoms with Crippen molar-refractivity contribution < 1.29 is 14.6 Å². The third-order valence-corrected chi connectivity index (χ3v) is 2.52. The Balaban J connectivity index is 2.34. The van der Waals surface area contributed by atoms with Gasteiger partial charge in [-0.3, -0.25) is 4.90 Å². The fourth-order valence-corrected chi connectivity index (χ4v) is 1.34. The average molecular weight is 175 g/mol. The van der Waals surface area contributed by atoms with Crippen molar-refractivity contribution in [2.45, 2.75) is 18.8 Å². The van der Waals surface area contributed by atoms with Gasteiger partial charge in [0.15, 0.2) is 5.79 Å². The van der Waals surface area contributed by atoms with Crippen molar-refractivity contribution >= 4 is 0 Å². The maximum absolute atomic E-state index is 8.86. The van der Waals surface area contributed by atoms with Gasteiger partial charge in [0.05, 0.1) is 19.7 Å². The molecule has 1 aliphatic heterocycles. The lowest BCUT2D eigenvalue weighted by atomic mass is 10.1. The number of ether oxygens (including phenoxy) is 2. The molecule has 4 heteroatoms. The first kappa shape index (κ1) is 9.92. The largest absolute Gasteiger partial charge is 0.395 e. The van der Waals surface area contributed by atoms with Crippen LogP contribution in [0.5, 0.6) is 0 Å². The smallest absolute Gasteiger partial charge is 0.193 e. The van der Waals surface area contributed by atoms with Crippen LogP contribution in [0.4, 0.5) is 0 Å². The van der Waals surface area contributed by atoms with E-state index in [9.17, 15) is 0 Å². The Labute approximate surface area is 73.1 Å². The van der Waals surface area contributed by atoms with Crippen LogP contribution >= 0.6 is 0 Å². The molecule has 0 aromatic rings. The molecular formula is C8H17NO3. The first-order chi connectivity index (χ1) is 5.67. The number of rotatable bonds is 4. The van der Waals surface area contributed by atoms with E-state index in [0.29, 0.717) is 0 Å². The summed E-state index contributed by atoms with van der Waals surface area (Å²) in [5.74, 6) is -0.427. The quantitative estimate of drug-likeness (QED) is 0.594. The molecule has 1 atom stereocenters. The highest BCUT2D eigenvalue weighted by atomic mass is 16.7. The molecule has 0 radical (unpaired) electrons. The van der Waals surface area contributed by atoms with Crippen LogP contribution in [0.15, 0.2) is 0 Å². The minimum Gasteiger partial charge on any atom is -0.395 e. The van der Waals surface area contributed by atoms with Crippen LogP contribution in [-0.2, 0) is 9.47 Å². The Hall–Kier alpha value is -0.160. The van der Waals surface area contributed by atoms with Crippen molar-refractivity contribution in [2.24, 2.45) is 0 Å². The molecular weight excluding hydrogens is 158 g/mol. The minimum absolute atomic E-state index is 0.184. The Morgan fingerprint density at radius 2 is 1.92 bits per heavy atom. The second-order valence-electron chi connectivity index (χ2n) is 3.26. The predicted octanol–water partition coefficient (Wildman–Crippen LogP) is -0.328. The second kappa shape index (κ2) is 3.70. The van der Waals surface area contributed by atoms with Crippen molar-refractivity contribution in [3.8, 4) is 0 Å². The van der Waals surface area contributed by atoms with Crippen molar-refractivity contribution in [2.75, 3.05) is 33.9 Å². The molecule has 0 bridgehead atoms. The molecule has 1 aliphatic rings. The van der Waals surface area contributed by atoms with Crippen LogP contribution in [0.2, 0.25) is 0 Å². The molecule has 1 fully saturated rings. The normalized spacial score (nSPS) is 25.0. The Morgan fingerprint density at radius 3 is 2.25 bits per heavy atom. The standard InChI is InChI=1S/C8H17NO3/c1-7(4-10)9-5-8(6-9,11-2)12-3/h7,10H,4-6H2,1-3H3/t7-/m1/s1. The zero-order valence-corrected chi connectivity index (χ0v) is 7.91. The Morgan fingerprint density at radius 1 is 1.42 bits per heavy atom. The van der Waals surface area contributed by atoms with Crippen LogP contribution in [0.3, 0.4) is 0 Å². The average Bonchev–Trinajstić information content (AvgIpc) is 2.04. The van der Waals surface area contributed by atoms with Gasteiger partial charge in [0, 0.05) is 20.3 Å². The number of hydrogen-bond acceptors (Lipinski definition) is 4. The number of nitrogens with zero attached hydrogens (tertiary/aromatic N) is 1. The summed E-state index contributed by atoms with van der Waals surface area (Å²) in [5.41, 5.74) is 0. The summed E-state index contributed by atoms with van der Waals surface area (Å²) in [5, 5.41) is 8.86. The van der Waals surface area contributed by atoms with Gasteiger partial charge in [0.1, 0.15) is 0 Å². The number of aliphatic hydroxyl groups excluding tert-OH is 1. The molecule has 1 rings (SSSR count). The SMILES string of the molecule is COC1(OC)CN([C@H](C)CO)C1. The maximum Gasteiger partial charge on any atom is 0.193 e. The highest BCUT2D eigenvalue weighted by molar-refractivity contribution is 4.91. The fourth-order valence-electron chi connectivity index (χ4n) is 1.34. The van der Waals surface area contributed by atoms with E-state index in [-0.39, 0.29) is 12.6 Å². The topological polar surface area (TPSA) is 41.9 Å². The van der Waals surface area contributed by atoms with Gasteiger partial charge < -0.3 is 14.6 Å². The summed E-state index contributed by atoms with van der Waals surface area (Å²) >= 11 is 0. The monoisotopic (exact) mass is 175 g/mol. The summed E-state index contributed by atoms with van der Waals surface area (Å²) in [7, 11) is 3.29. The molecule has 0 aliphatic carbocycles. The molecule has 0 unspecified atom stereocenters. The van der Waals surface area contributed by atoms with E-state index in [1.165, 1.54) is 0 Å². The van der Waals surface area contributed by atoms with E-state index in [1.54, 1.807) is 14.2 Å². The maximum atomic E-state index is 8.86. The van der Waals surface area contributed by atoms with Gasteiger partial charge in [-0.1, -0.05) is 0 Å². The molecule has 0 saturated carbocycles. The number of likely N-dealkylation sites (tertiary alicyclic amines) is 1. The summed E-state index contributed by atoms with van der Waals surface area (Å²) < 4.78 is 10.4. The Kier molecular flexibility index (Phi) is 3.06. The summed E-state index contributed by atoms with van der Waals surface area (Å²) in [6, 6.07) is 0.198. The summed E-state index contributed by atoms with van der Waals surface area (Å²) in [4.78, 5) is 2.12. The van der Waals surface area contributed by atoms with Crippen molar-refractivity contribution in [1.82, 2.24) is 4.90 Å².